The number of carbonyl (C=O) groups excluding carboxylic acids is 1. The zero-order valence-electron chi connectivity index (χ0n) is 13.2. The van der Waals surface area contributed by atoms with E-state index in [1.54, 1.807) is 24.3 Å². The van der Waals surface area contributed by atoms with Crippen LogP contribution in [0.2, 0.25) is 5.02 Å². The van der Waals surface area contributed by atoms with Gasteiger partial charge in [-0.3, -0.25) is 4.79 Å². The number of nitrogens with zero attached hydrogens (tertiary/aromatic N) is 2. The zero-order valence-corrected chi connectivity index (χ0v) is 14.0. The van der Waals surface area contributed by atoms with Crippen molar-refractivity contribution < 1.29 is 9.18 Å². The molecule has 3 rings (SSSR count). The highest BCUT2D eigenvalue weighted by molar-refractivity contribution is 6.33. The Labute approximate surface area is 152 Å². The third-order valence-corrected chi connectivity index (χ3v) is 3.75. The van der Waals surface area contributed by atoms with Gasteiger partial charge in [0.15, 0.2) is 0 Å². The van der Waals surface area contributed by atoms with Gasteiger partial charge in [-0.1, -0.05) is 48.0 Å². The largest absolute Gasteiger partial charge is 0.346 e. The zero-order chi connectivity index (χ0) is 18.5. The van der Waals surface area contributed by atoms with E-state index in [-0.39, 0.29) is 16.3 Å². The van der Waals surface area contributed by atoms with Crippen LogP contribution >= 0.6 is 11.6 Å². The van der Waals surface area contributed by atoms with Crippen LogP contribution in [0, 0.1) is 5.82 Å². The molecule has 8 heteroatoms. The molecule has 6 nitrogen and oxygen atoms in total. The molecule has 2 N–H and O–H groups in total. The quantitative estimate of drug-likeness (QED) is 0.546. The van der Waals surface area contributed by atoms with Crippen LogP contribution in [0.4, 0.5) is 4.39 Å². The molecule has 3 aromatic rings. The van der Waals surface area contributed by atoms with Gasteiger partial charge in [0.25, 0.3) is 5.91 Å². The predicted molar refractivity (Wildman–Crippen MR) is 96.8 cm³/mol. The highest BCUT2D eigenvalue weighted by Crippen LogP contribution is 2.17. The van der Waals surface area contributed by atoms with E-state index in [0.717, 1.165) is 6.21 Å². The van der Waals surface area contributed by atoms with Gasteiger partial charge in [-0.15, -0.1) is 0 Å². The second-order valence-corrected chi connectivity index (χ2v) is 5.59. The summed E-state index contributed by atoms with van der Waals surface area (Å²) in [5.74, 6) is -1.25. The lowest BCUT2D eigenvalue weighted by Gasteiger charge is -2.04. The SMILES string of the molecule is O=C(N/N=C/c1c(F)cccc1Cl)c1cc(-c2ccccc2)nc(=O)[nH]1. The van der Waals surface area contributed by atoms with Gasteiger partial charge in [-0.2, -0.15) is 10.1 Å². The topological polar surface area (TPSA) is 87.2 Å². The Balaban J connectivity index is 1.81. The molecule has 0 spiro atoms. The molecule has 0 atom stereocenters. The molecule has 1 amide bonds. The Kier molecular flexibility index (Phi) is 5.19. The monoisotopic (exact) mass is 370 g/mol. The number of carbonyl (C=O) groups is 1. The maximum Gasteiger partial charge on any atom is 0.346 e. The summed E-state index contributed by atoms with van der Waals surface area (Å²) in [6, 6.07) is 14.6. The summed E-state index contributed by atoms with van der Waals surface area (Å²) in [4.78, 5) is 30.1. The number of benzene rings is 2. The minimum Gasteiger partial charge on any atom is -0.301 e. The lowest BCUT2D eigenvalue weighted by molar-refractivity contribution is 0.0949. The van der Waals surface area contributed by atoms with E-state index in [1.165, 1.54) is 24.3 Å². The van der Waals surface area contributed by atoms with Crippen LogP contribution in [0.5, 0.6) is 0 Å². The van der Waals surface area contributed by atoms with Crippen LogP contribution in [0.25, 0.3) is 11.3 Å². The van der Waals surface area contributed by atoms with Crippen LogP contribution in [-0.2, 0) is 0 Å². The van der Waals surface area contributed by atoms with Crippen molar-refractivity contribution in [1.82, 2.24) is 15.4 Å². The van der Waals surface area contributed by atoms with Crippen molar-refractivity contribution in [3.63, 3.8) is 0 Å². The van der Waals surface area contributed by atoms with Crippen LogP contribution in [0.3, 0.4) is 0 Å². The summed E-state index contributed by atoms with van der Waals surface area (Å²) in [5, 5.41) is 3.84. The van der Waals surface area contributed by atoms with Gasteiger partial charge < -0.3 is 4.98 Å². The third kappa shape index (κ3) is 4.01. The summed E-state index contributed by atoms with van der Waals surface area (Å²) in [5.41, 5.74) is 2.60. The fraction of sp³-hybridized carbons (Fsp3) is 0. The van der Waals surface area contributed by atoms with Crippen molar-refractivity contribution >= 4 is 23.7 Å². The molecule has 1 heterocycles. The molecule has 1 aromatic heterocycles. The smallest absolute Gasteiger partial charge is 0.301 e. The Hall–Kier alpha value is -3.32. The van der Waals surface area contributed by atoms with Crippen molar-refractivity contribution in [2.45, 2.75) is 0 Å². The van der Waals surface area contributed by atoms with E-state index < -0.39 is 17.4 Å². The summed E-state index contributed by atoms with van der Waals surface area (Å²) >= 11 is 5.87. The van der Waals surface area contributed by atoms with Crippen LogP contribution in [0.1, 0.15) is 16.1 Å². The minimum atomic E-state index is -0.676. The number of amides is 1. The van der Waals surface area contributed by atoms with E-state index in [2.05, 4.69) is 20.5 Å². The molecule has 0 saturated heterocycles. The van der Waals surface area contributed by atoms with E-state index in [9.17, 15) is 14.0 Å². The van der Waals surface area contributed by atoms with Gasteiger partial charge in [0.2, 0.25) is 0 Å². The highest BCUT2D eigenvalue weighted by atomic mass is 35.5. The number of hydrogen-bond donors (Lipinski definition) is 2. The lowest BCUT2D eigenvalue weighted by atomic mass is 10.1. The Bertz CT molecular complexity index is 1010. The Morgan fingerprint density at radius 2 is 1.96 bits per heavy atom. The molecule has 0 saturated carbocycles. The maximum absolute atomic E-state index is 13.6. The van der Waals surface area contributed by atoms with Crippen molar-refractivity contribution in [2.24, 2.45) is 5.10 Å². The first-order valence-electron chi connectivity index (χ1n) is 7.49. The first kappa shape index (κ1) is 17.5. The van der Waals surface area contributed by atoms with Gasteiger partial charge in [0.1, 0.15) is 11.5 Å². The number of rotatable bonds is 4. The summed E-state index contributed by atoms with van der Waals surface area (Å²) in [7, 11) is 0. The molecule has 2 aromatic carbocycles. The molecule has 0 bridgehead atoms. The normalized spacial score (nSPS) is 10.8. The van der Waals surface area contributed by atoms with Gasteiger partial charge in [-0.05, 0) is 18.2 Å². The number of hydrazone groups is 1. The molecule has 0 unspecified atom stereocenters. The molecule has 130 valence electrons. The molecule has 0 aliphatic carbocycles. The van der Waals surface area contributed by atoms with Crippen molar-refractivity contribution in [3.05, 3.63) is 87.2 Å². The second-order valence-electron chi connectivity index (χ2n) is 5.19. The maximum atomic E-state index is 13.6. The minimum absolute atomic E-state index is 0.0272. The number of H-pyrrole nitrogens is 1. The Morgan fingerprint density at radius 3 is 2.69 bits per heavy atom. The van der Waals surface area contributed by atoms with E-state index in [0.29, 0.717) is 11.3 Å². The number of aromatic amines is 1. The average Bonchev–Trinajstić information content (AvgIpc) is 2.64. The van der Waals surface area contributed by atoms with E-state index in [4.69, 9.17) is 11.6 Å². The van der Waals surface area contributed by atoms with Gasteiger partial charge in [0.05, 0.1) is 16.9 Å². The van der Waals surface area contributed by atoms with Gasteiger partial charge in [-0.25, -0.2) is 14.6 Å². The number of halogens is 2. The third-order valence-electron chi connectivity index (χ3n) is 3.42. The molecular weight excluding hydrogens is 359 g/mol. The lowest BCUT2D eigenvalue weighted by Crippen LogP contribution is -2.24. The second kappa shape index (κ2) is 7.71. The first-order chi connectivity index (χ1) is 12.5. The standard InChI is InChI=1S/C18H12ClFN4O2/c19-13-7-4-8-14(20)12(13)10-21-24-17(25)16-9-15(22-18(26)23-16)11-5-2-1-3-6-11/h1-10H,(H,24,25)(H,22,23,26)/b21-10+. The van der Waals surface area contributed by atoms with Gasteiger partial charge in [0, 0.05) is 11.1 Å². The fourth-order valence-electron chi connectivity index (χ4n) is 2.19. The highest BCUT2D eigenvalue weighted by Gasteiger charge is 2.10. The van der Waals surface area contributed by atoms with Crippen LogP contribution in [0.15, 0.2) is 64.5 Å². The number of hydrogen-bond acceptors (Lipinski definition) is 4. The van der Waals surface area contributed by atoms with Crippen LogP contribution in [-0.4, -0.2) is 22.1 Å². The summed E-state index contributed by atoms with van der Waals surface area (Å²) < 4.78 is 13.6. The van der Waals surface area contributed by atoms with Crippen molar-refractivity contribution in [1.29, 1.82) is 0 Å². The summed E-state index contributed by atoms with van der Waals surface area (Å²) in [6.07, 6.45) is 1.09. The molecule has 0 radical (unpaired) electrons. The summed E-state index contributed by atoms with van der Waals surface area (Å²) in [6.45, 7) is 0. The van der Waals surface area contributed by atoms with E-state index >= 15 is 0 Å². The first-order valence-corrected chi connectivity index (χ1v) is 7.86. The molecule has 0 fully saturated rings. The van der Waals surface area contributed by atoms with Crippen LogP contribution < -0.4 is 11.1 Å². The van der Waals surface area contributed by atoms with Crippen molar-refractivity contribution in [2.75, 3.05) is 0 Å². The van der Waals surface area contributed by atoms with Gasteiger partial charge >= 0.3 is 5.69 Å². The predicted octanol–water partition coefficient (Wildman–Crippen LogP) is 2.99. The number of aromatic nitrogens is 2. The molecule has 0 aliphatic heterocycles. The molecular formula is C18H12ClFN4O2. The van der Waals surface area contributed by atoms with Crippen molar-refractivity contribution in [3.8, 4) is 11.3 Å². The average molecular weight is 371 g/mol. The Morgan fingerprint density at radius 1 is 1.19 bits per heavy atom. The van der Waals surface area contributed by atoms with E-state index in [1.807, 2.05) is 6.07 Å². The fourth-order valence-corrected chi connectivity index (χ4v) is 2.40. The number of nitrogens with one attached hydrogen (secondary N) is 2. The molecule has 0 aliphatic rings. The molecule has 26 heavy (non-hydrogen) atoms.